The van der Waals surface area contributed by atoms with Crippen molar-refractivity contribution < 1.29 is 8.83 Å². The molecule has 0 atom stereocenters. The van der Waals surface area contributed by atoms with Gasteiger partial charge in [0.05, 0.1) is 0 Å². The van der Waals surface area contributed by atoms with E-state index in [0.29, 0.717) is 0 Å². The summed E-state index contributed by atoms with van der Waals surface area (Å²) in [5.41, 5.74) is 6.11. The van der Waals surface area contributed by atoms with Gasteiger partial charge in [0.2, 0.25) is 0 Å². The Hall–Kier alpha value is -5.38. The van der Waals surface area contributed by atoms with Crippen molar-refractivity contribution in [3.05, 3.63) is 133 Å². The van der Waals surface area contributed by atoms with Crippen molar-refractivity contribution in [3.63, 3.8) is 0 Å². The van der Waals surface area contributed by atoms with Crippen molar-refractivity contribution in [2.75, 3.05) is 0 Å². The summed E-state index contributed by atoms with van der Waals surface area (Å²) in [6.45, 7) is 0. The molecule has 3 heteroatoms. The van der Waals surface area contributed by atoms with Gasteiger partial charge in [-0.2, -0.15) is 0 Å². The summed E-state index contributed by atoms with van der Waals surface area (Å²) in [5.74, 6) is 0.849. The lowest BCUT2D eigenvalue weighted by Gasteiger charge is -2.16. The van der Waals surface area contributed by atoms with Crippen LogP contribution in [0.2, 0.25) is 0 Å². The first-order chi connectivity index (χ1) is 21.3. The Labute approximate surface area is 250 Å². The van der Waals surface area contributed by atoms with Crippen LogP contribution in [0.4, 0.5) is 0 Å². The number of furan rings is 2. The van der Waals surface area contributed by atoms with Crippen LogP contribution < -0.4 is 0 Å². The maximum absolute atomic E-state index is 6.78. The highest BCUT2D eigenvalue weighted by molar-refractivity contribution is 7.26. The van der Waals surface area contributed by atoms with Crippen molar-refractivity contribution in [3.8, 4) is 22.5 Å². The van der Waals surface area contributed by atoms with Crippen LogP contribution >= 0.6 is 11.3 Å². The second-order valence-electron chi connectivity index (χ2n) is 11.2. The fourth-order valence-electron chi connectivity index (χ4n) is 7.03. The van der Waals surface area contributed by atoms with Gasteiger partial charge in [-0.25, -0.2) is 0 Å². The van der Waals surface area contributed by atoms with E-state index < -0.39 is 0 Å². The van der Waals surface area contributed by atoms with Crippen LogP contribution in [0.25, 0.3) is 97.1 Å². The van der Waals surface area contributed by atoms with Crippen LogP contribution in [0.3, 0.4) is 0 Å². The molecule has 3 heterocycles. The van der Waals surface area contributed by atoms with Gasteiger partial charge in [0.1, 0.15) is 11.3 Å². The summed E-state index contributed by atoms with van der Waals surface area (Å²) in [5, 5.41) is 10.6. The molecule has 0 saturated carbocycles. The lowest BCUT2D eigenvalue weighted by atomic mass is 9.87. The Morgan fingerprint density at radius 1 is 0.419 bits per heavy atom. The molecule has 0 aliphatic heterocycles. The molecular weight excluding hydrogens is 545 g/mol. The number of hydrogen-bond donors (Lipinski definition) is 0. The molecule has 0 aliphatic rings. The molecule has 0 unspecified atom stereocenters. The van der Waals surface area contributed by atoms with Crippen LogP contribution in [0.5, 0.6) is 0 Å². The van der Waals surface area contributed by atoms with E-state index in [0.717, 1.165) is 44.2 Å². The van der Waals surface area contributed by atoms with E-state index in [4.69, 9.17) is 8.83 Å². The third-order valence-corrected chi connectivity index (χ3v) is 10.1. The molecule has 0 N–H and O–H groups in total. The molecule has 2 nitrogen and oxygen atoms in total. The fraction of sp³-hybridized carbons (Fsp3) is 0. The molecule has 10 aromatic rings. The standard InChI is InChI=1S/C40H22O2S/c1-3-14-28-26(12-1)36(32-17-9-16-31-25-11-6-8-19-35(25)43-40(31)32)27-13-2-4-15-29(27)37(28)34-22-23-20-21-30-24-10-5-7-18-33(24)41-39(30)38(23)42-34/h1-22H. The first kappa shape index (κ1) is 23.2. The van der Waals surface area contributed by atoms with Crippen LogP contribution in [0, 0.1) is 0 Å². The van der Waals surface area contributed by atoms with Gasteiger partial charge < -0.3 is 8.83 Å². The zero-order chi connectivity index (χ0) is 28.1. The van der Waals surface area contributed by atoms with Gasteiger partial charge >= 0.3 is 0 Å². The topological polar surface area (TPSA) is 26.3 Å². The van der Waals surface area contributed by atoms with Gasteiger partial charge in [0.25, 0.3) is 0 Å². The van der Waals surface area contributed by atoms with Crippen molar-refractivity contribution in [2.45, 2.75) is 0 Å². The third kappa shape index (κ3) is 3.17. The SMILES string of the molecule is c1ccc2c(c1)oc1c2ccc2cc(-c3c4ccccc4c(-c4cccc5c4sc4ccccc45)c4ccccc34)oc21. The molecule has 7 aromatic carbocycles. The predicted octanol–water partition coefficient (Wildman–Crippen LogP) is 12.3. The Morgan fingerprint density at radius 2 is 1.05 bits per heavy atom. The zero-order valence-corrected chi connectivity index (χ0v) is 23.7. The summed E-state index contributed by atoms with van der Waals surface area (Å²) in [6.07, 6.45) is 0. The number of rotatable bonds is 2. The Morgan fingerprint density at radius 3 is 1.81 bits per heavy atom. The summed E-state index contributed by atoms with van der Waals surface area (Å²) in [6, 6.07) is 47.6. The molecule has 0 fully saturated rings. The summed E-state index contributed by atoms with van der Waals surface area (Å²) in [4.78, 5) is 0. The molecule has 0 saturated heterocycles. The molecule has 200 valence electrons. The van der Waals surface area contributed by atoms with Crippen LogP contribution in [-0.2, 0) is 0 Å². The third-order valence-electron chi connectivity index (χ3n) is 8.88. The van der Waals surface area contributed by atoms with Gasteiger partial charge in [-0.1, -0.05) is 109 Å². The van der Waals surface area contributed by atoms with Crippen LogP contribution in [0.15, 0.2) is 142 Å². The van der Waals surface area contributed by atoms with Gasteiger partial charge in [-0.15, -0.1) is 11.3 Å². The number of fused-ring (bicyclic) bond motifs is 10. The number of thiophene rings is 1. The molecule has 0 amide bonds. The monoisotopic (exact) mass is 566 g/mol. The molecular formula is C40H22O2S. The number of hydrogen-bond acceptors (Lipinski definition) is 3. The molecule has 0 radical (unpaired) electrons. The van der Waals surface area contributed by atoms with Crippen LogP contribution in [0.1, 0.15) is 0 Å². The second kappa shape index (κ2) is 8.57. The average Bonchev–Trinajstić information content (AvgIpc) is 3.77. The lowest BCUT2D eigenvalue weighted by Crippen LogP contribution is -1.90. The van der Waals surface area contributed by atoms with Crippen molar-refractivity contribution >= 4 is 86.0 Å². The quantitative estimate of drug-likeness (QED) is 0.195. The molecule has 0 aliphatic carbocycles. The maximum atomic E-state index is 6.78. The highest BCUT2D eigenvalue weighted by Crippen LogP contribution is 2.48. The van der Waals surface area contributed by atoms with Crippen molar-refractivity contribution in [1.82, 2.24) is 0 Å². The van der Waals surface area contributed by atoms with Gasteiger partial charge in [0, 0.05) is 47.5 Å². The summed E-state index contributed by atoms with van der Waals surface area (Å²) < 4.78 is 15.8. The molecule has 0 bridgehead atoms. The summed E-state index contributed by atoms with van der Waals surface area (Å²) >= 11 is 1.88. The molecule has 0 spiro atoms. The van der Waals surface area contributed by atoms with Gasteiger partial charge in [-0.05, 0) is 51.4 Å². The van der Waals surface area contributed by atoms with E-state index in [1.165, 1.54) is 52.8 Å². The largest absolute Gasteiger partial charge is 0.452 e. The van der Waals surface area contributed by atoms with Crippen molar-refractivity contribution in [1.29, 1.82) is 0 Å². The second-order valence-corrected chi connectivity index (χ2v) is 12.2. The first-order valence-electron chi connectivity index (χ1n) is 14.5. The Kier molecular flexibility index (Phi) is 4.63. The van der Waals surface area contributed by atoms with E-state index in [2.05, 4.69) is 115 Å². The number of para-hydroxylation sites is 1. The zero-order valence-electron chi connectivity index (χ0n) is 22.9. The van der Waals surface area contributed by atoms with Gasteiger partial charge in [0.15, 0.2) is 11.2 Å². The minimum atomic E-state index is 0.788. The highest BCUT2D eigenvalue weighted by Gasteiger charge is 2.22. The maximum Gasteiger partial charge on any atom is 0.178 e. The van der Waals surface area contributed by atoms with E-state index in [1.807, 2.05) is 29.5 Å². The van der Waals surface area contributed by atoms with Crippen molar-refractivity contribution in [2.24, 2.45) is 0 Å². The molecule has 10 rings (SSSR count). The smallest absolute Gasteiger partial charge is 0.178 e. The molecule has 43 heavy (non-hydrogen) atoms. The van der Waals surface area contributed by atoms with E-state index >= 15 is 0 Å². The number of benzene rings is 7. The van der Waals surface area contributed by atoms with Gasteiger partial charge in [-0.3, -0.25) is 0 Å². The Balaban J connectivity index is 1.32. The minimum Gasteiger partial charge on any atom is -0.452 e. The summed E-state index contributed by atoms with van der Waals surface area (Å²) in [7, 11) is 0. The minimum absolute atomic E-state index is 0.788. The van der Waals surface area contributed by atoms with E-state index in [1.54, 1.807) is 0 Å². The van der Waals surface area contributed by atoms with Crippen LogP contribution in [-0.4, -0.2) is 0 Å². The normalized spacial score (nSPS) is 12.2. The predicted molar refractivity (Wildman–Crippen MR) is 182 cm³/mol. The van der Waals surface area contributed by atoms with E-state index in [-0.39, 0.29) is 0 Å². The Bertz CT molecular complexity index is 2680. The fourth-order valence-corrected chi connectivity index (χ4v) is 8.25. The van der Waals surface area contributed by atoms with E-state index in [9.17, 15) is 0 Å². The first-order valence-corrected chi connectivity index (χ1v) is 15.3. The average molecular weight is 567 g/mol. The molecule has 3 aromatic heterocycles. The highest BCUT2D eigenvalue weighted by atomic mass is 32.1. The lowest BCUT2D eigenvalue weighted by molar-refractivity contribution is 0.612.